The third-order valence-corrected chi connectivity index (χ3v) is 4.36. The first kappa shape index (κ1) is 14.0. The Morgan fingerprint density at radius 1 is 1.26 bits per heavy atom. The molecule has 1 unspecified atom stereocenters. The summed E-state index contributed by atoms with van der Waals surface area (Å²) in [4.78, 5) is 2.54. The summed E-state index contributed by atoms with van der Waals surface area (Å²) < 4.78 is 18.5. The van der Waals surface area contributed by atoms with Crippen molar-refractivity contribution in [2.24, 2.45) is 0 Å². The summed E-state index contributed by atoms with van der Waals surface area (Å²) in [5.41, 5.74) is 2.26. The van der Waals surface area contributed by atoms with Gasteiger partial charge in [-0.05, 0) is 50.2 Å². The predicted octanol–water partition coefficient (Wildman–Crippen LogP) is 3.82. The molecular weight excluding hydrogens is 261 g/mol. The minimum absolute atomic E-state index is 0.0631. The molecule has 1 N–H and O–H groups in total. The largest absolute Gasteiger partial charge is 0.494 e. The van der Waals surface area contributed by atoms with E-state index >= 15 is 0 Å². The van der Waals surface area contributed by atoms with Gasteiger partial charge in [0.05, 0.1) is 13.2 Å². The lowest BCUT2D eigenvalue weighted by Gasteiger charge is -2.17. The number of halogens is 1. The first-order valence-corrected chi connectivity index (χ1v) is 6.96. The van der Waals surface area contributed by atoms with Gasteiger partial charge < -0.3 is 10.1 Å². The molecule has 0 amide bonds. The minimum Gasteiger partial charge on any atom is -0.494 e. The lowest BCUT2D eigenvalue weighted by molar-refractivity contribution is 0.385. The minimum atomic E-state index is -0.333. The topological polar surface area (TPSA) is 21.3 Å². The molecule has 0 bridgehead atoms. The Hall–Kier alpha value is -1.39. The van der Waals surface area contributed by atoms with Crippen molar-refractivity contribution in [3.05, 3.63) is 51.0 Å². The van der Waals surface area contributed by atoms with Gasteiger partial charge in [-0.3, -0.25) is 0 Å². The van der Waals surface area contributed by atoms with Crippen LogP contribution in [0.3, 0.4) is 0 Å². The summed E-state index contributed by atoms with van der Waals surface area (Å²) in [6, 6.07) is 7.24. The number of hydrogen-bond donors (Lipinski definition) is 1. The van der Waals surface area contributed by atoms with Gasteiger partial charge in [-0.25, -0.2) is 4.39 Å². The number of thiophene rings is 1. The molecule has 1 heterocycles. The predicted molar refractivity (Wildman–Crippen MR) is 77.6 cm³/mol. The fourth-order valence-electron chi connectivity index (χ4n) is 2.25. The smallest absolute Gasteiger partial charge is 0.165 e. The Morgan fingerprint density at radius 3 is 2.53 bits per heavy atom. The average molecular weight is 279 g/mol. The van der Waals surface area contributed by atoms with Crippen molar-refractivity contribution in [1.82, 2.24) is 5.32 Å². The second kappa shape index (κ2) is 5.72. The normalized spacial score (nSPS) is 12.5. The average Bonchev–Trinajstić information content (AvgIpc) is 2.71. The van der Waals surface area contributed by atoms with E-state index in [1.807, 2.05) is 7.05 Å². The van der Waals surface area contributed by atoms with Crippen molar-refractivity contribution in [2.45, 2.75) is 19.9 Å². The van der Waals surface area contributed by atoms with Crippen molar-refractivity contribution in [1.29, 1.82) is 0 Å². The molecule has 1 aromatic heterocycles. The number of nitrogens with one attached hydrogen (secondary N) is 1. The lowest BCUT2D eigenvalue weighted by atomic mass is 10.0. The summed E-state index contributed by atoms with van der Waals surface area (Å²) in [6.07, 6.45) is 0. The third kappa shape index (κ3) is 2.80. The number of benzene rings is 1. The maximum atomic E-state index is 13.5. The Balaban J connectivity index is 2.45. The highest BCUT2D eigenvalue weighted by Crippen LogP contribution is 2.33. The Labute approximate surface area is 117 Å². The van der Waals surface area contributed by atoms with Crippen LogP contribution >= 0.6 is 11.3 Å². The Kier molecular flexibility index (Phi) is 4.22. The van der Waals surface area contributed by atoms with Crippen LogP contribution in [0.4, 0.5) is 4.39 Å². The van der Waals surface area contributed by atoms with Crippen LogP contribution in [0.15, 0.2) is 24.3 Å². The SMILES string of the molecule is CNC(c1ccc(F)c(OC)c1)c1sc(C)cc1C. The van der Waals surface area contributed by atoms with E-state index in [-0.39, 0.29) is 17.6 Å². The second-order valence-corrected chi connectivity index (χ2v) is 5.81. The molecule has 1 aromatic carbocycles. The number of aryl methyl sites for hydroxylation is 2. The van der Waals surface area contributed by atoms with E-state index in [1.165, 1.54) is 28.5 Å². The molecule has 2 nitrogen and oxygen atoms in total. The number of hydrogen-bond acceptors (Lipinski definition) is 3. The molecule has 0 saturated heterocycles. The number of ether oxygens (including phenoxy) is 1. The molecule has 2 aromatic rings. The zero-order valence-electron chi connectivity index (χ0n) is 11.6. The molecule has 0 aliphatic heterocycles. The fraction of sp³-hybridized carbons (Fsp3) is 0.333. The summed E-state index contributed by atoms with van der Waals surface area (Å²) in [7, 11) is 3.39. The van der Waals surface area contributed by atoms with Crippen LogP contribution in [0.25, 0.3) is 0 Å². The van der Waals surface area contributed by atoms with E-state index < -0.39 is 0 Å². The fourth-order valence-corrected chi connectivity index (χ4v) is 3.43. The van der Waals surface area contributed by atoms with E-state index in [0.717, 1.165) is 5.56 Å². The van der Waals surface area contributed by atoms with E-state index in [0.29, 0.717) is 0 Å². The number of rotatable bonds is 4. The van der Waals surface area contributed by atoms with E-state index in [2.05, 4.69) is 25.2 Å². The zero-order valence-corrected chi connectivity index (χ0v) is 12.4. The quantitative estimate of drug-likeness (QED) is 0.918. The molecule has 19 heavy (non-hydrogen) atoms. The van der Waals surface area contributed by atoms with Gasteiger partial charge in [0, 0.05) is 9.75 Å². The van der Waals surface area contributed by atoms with Gasteiger partial charge in [-0.15, -0.1) is 11.3 Å². The van der Waals surface area contributed by atoms with Crippen LogP contribution in [0, 0.1) is 19.7 Å². The van der Waals surface area contributed by atoms with Gasteiger partial charge in [0.15, 0.2) is 11.6 Å². The highest BCUT2D eigenvalue weighted by Gasteiger charge is 2.18. The molecular formula is C15H18FNOS. The molecule has 0 radical (unpaired) electrons. The molecule has 0 spiro atoms. The molecule has 0 aliphatic carbocycles. The van der Waals surface area contributed by atoms with Crippen LogP contribution in [-0.4, -0.2) is 14.2 Å². The van der Waals surface area contributed by atoms with Crippen molar-refractivity contribution < 1.29 is 9.13 Å². The maximum Gasteiger partial charge on any atom is 0.165 e. The molecule has 102 valence electrons. The standard InChI is InChI=1S/C15H18FNOS/c1-9-7-10(2)19-15(9)14(17-3)11-5-6-12(16)13(8-11)18-4/h5-8,14,17H,1-4H3. The van der Waals surface area contributed by atoms with E-state index in [9.17, 15) is 4.39 Å². The maximum absolute atomic E-state index is 13.5. The molecule has 0 fully saturated rings. The zero-order chi connectivity index (χ0) is 14.0. The van der Waals surface area contributed by atoms with Crippen LogP contribution in [0.1, 0.15) is 26.9 Å². The first-order chi connectivity index (χ1) is 9.06. The van der Waals surface area contributed by atoms with Crippen molar-refractivity contribution in [3.8, 4) is 5.75 Å². The van der Waals surface area contributed by atoms with E-state index in [1.54, 1.807) is 23.5 Å². The van der Waals surface area contributed by atoms with Crippen molar-refractivity contribution >= 4 is 11.3 Å². The summed E-state index contributed by atoms with van der Waals surface area (Å²) in [6.45, 7) is 4.20. The van der Waals surface area contributed by atoms with Crippen LogP contribution < -0.4 is 10.1 Å². The van der Waals surface area contributed by atoms with Crippen molar-refractivity contribution in [3.63, 3.8) is 0 Å². The molecule has 4 heteroatoms. The molecule has 0 saturated carbocycles. The first-order valence-electron chi connectivity index (χ1n) is 6.14. The summed E-state index contributed by atoms with van der Waals surface area (Å²) >= 11 is 1.76. The molecule has 2 rings (SSSR count). The van der Waals surface area contributed by atoms with Crippen molar-refractivity contribution in [2.75, 3.05) is 14.2 Å². The highest BCUT2D eigenvalue weighted by atomic mass is 32.1. The molecule has 1 atom stereocenters. The van der Waals surface area contributed by atoms with Gasteiger partial charge in [-0.1, -0.05) is 6.07 Å². The number of methoxy groups -OCH3 is 1. The van der Waals surface area contributed by atoms with Gasteiger partial charge in [0.25, 0.3) is 0 Å². The van der Waals surface area contributed by atoms with Crippen LogP contribution in [0.5, 0.6) is 5.75 Å². The van der Waals surface area contributed by atoms with E-state index in [4.69, 9.17) is 4.74 Å². The van der Waals surface area contributed by atoms with Gasteiger partial charge >= 0.3 is 0 Å². The monoisotopic (exact) mass is 279 g/mol. The second-order valence-electron chi connectivity index (χ2n) is 4.52. The summed E-state index contributed by atoms with van der Waals surface area (Å²) in [5, 5.41) is 3.29. The Bertz CT molecular complexity index is 580. The Morgan fingerprint density at radius 2 is 2.00 bits per heavy atom. The van der Waals surface area contributed by atoms with Gasteiger partial charge in [-0.2, -0.15) is 0 Å². The highest BCUT2D eigenvalue weighted by molar-refractivity contribution is 7.12. The van der Waals surface area contributed by atoms with Gasteiger partial charge in [0.1, 0.15) is 0 Å². The third-order valence-electron chi connectivity index (χ3n) is 3.14. The summed E-state index contributed by atoms with van der Waals surface area (Å²) in [5.74, 6) is -0.0520. The van der Waals surface area contributed by atoms with Crippen LogP contribution in [-0.2, 0) is 0 Å². The molecule has 0 aliphatic rings. The lowest BCUT2D eigenvalue weighted by Crippen LogP contribution is -2.17. The van der Waals surface area contributed by atoms with Crippen LogP contribution in [0.2, 0.25) is 0 Å². The van der Waals surface area contributed by atoms with Gasteiger partial charge in [0.2, 0.25) is 0 Å².